The highest BCUT2D eigenvalue weighted by Crippen LogP contribution is 2.34. The minimum absolute atomic E-state index is 0.0367. The largest absolute Gasteiger partial charge is 0.489 e. The summed E-state index contributed by atoms with van der Waals surface area (Å²) in [5.74, 6) is -2.17. The number of morpholine rings is 1. The van der Waals surface area contributed by atoms with Gasteiger partial charge in [-0.1, -0.05) is 30.3 Å². The maximum atomic E-state index is 13.1. The van der Waals surface area contributed by atoms with Gasteiger partial charge in [0.25, 0.3) is 5.91 Å². The van der Waals surface area contributed by atoms with Crippen molar-refractivity contribution < 1.29 is 32.8 Å². The number of piperidine rings is 1. The van der Waals surface area contributed by atoms with Gasteiger partial charge in [0.05, 0.1) is 13.2 Å². The normalized spacial score (nSPS) is 25.4. The molecule has 2 atom stereocenters. The van der Waals surface area contributed by atoms with Gasteiger partial charge in [0.15, 0.2) is 0 Å². The predicted molar refractivity (Wildman–Crippen MR) is 119 cm³/mol. The minimum Gasteiger partial charge on any atom is -0.489 e. The molecule has 1 N–H and O–H groups in total. The van der Waals surface area contributed by atoms with Gasteiger partial charge in [0.2, 0.25) is 17.7 Å². The SMILES string of the molecule is [2H]C1C(N2Cc3c(OCc4ccc(CN5CCOCC5=O)cc4)cccc3C2=O)C(=O)NC(=O)C1([2H])[2H]. The highest BCUT2D eigenvalue weighted by Gasteiger charge is 2.40. The van der Waals surface area contributed by atoms with E-state index in [1.807, 2.05) is 29.6 Å². The van der Waals surface area contributed by atoms with Gasteiger partial charge in [0.1, 0.15) is 25.0 Å². The molecule has 2 aromatic rings. The first-order chi connectivity index (χ1) is 17.7. The quantitative estimate of drug-likeness (QED) is 0.645. The van der Waals surface area contributed by atoms with Crippen molar-refractivity contribution >= 4 is 23.6 Å². The van der Waals surface area contributed by atoms with E-state index in [0.29, 0.717) is 36.6 Å². The van der Waals surface area contributed by atoms with E-state index in [9.17, 15) is 19.2 Å². The van der Waals surface area contributed by atoms with Gasteiger partial charge in [-0.15, -0.1) is 0 Å². The van der Waals surface area contributed by atoms with E-state index in [2.05, 4.69) is 0 Å². The highest BCUT2D eigenvalue weighted by molar-refractivity contribution is 6.05. The first kappa shape index (κ1) is 18.7. The Bertz CT molecular complexity index is 1270. The summed E-state index contributed by atoms with van der Waals surface area (Å²) in [5, 5.41) is 1.94. The molecular formula is C25H25N3O6. The third-order valence-corrected chi connectivity index (χ3v) is 6.04. The third-order valence-electron chi connectivity index (χ3n) is 6.04. The Kier molecular flexibility index (Phi) is 5.09. The molecule has 34 heavy (non-hydrogen) atoms. The van der Waals surface area contributed by atoms with Crippen LogP contribution in [-0.2, 0) is 38.8 Å². The van der Waals surface area contributed by atoms with Crippen molar-refractivity contribution in [2.45, 2.75) is 38.5 Å². The van der Waals surface area contributed by atoms with Crippen molar-refractivity contribution in [1.29, 1.82) is 0 Å². The Balaban J connectivity index is 1.27. The summed E-state index contributed by atoms with van der Waals surface area (Å²) < 4.78 is 35.1. The average Bonchev–Trinajstić information content (AvgIpc) is 3.21. The number of hydrogen-bond donors (Lipinski definition) is 1. The first-order valence-electron chi connectivity index (χ1n) is 12.5. The Morgan fingerprint density at radius 3 is 2.68 bits per heavy atom. The number of rotatable bonds is 6. The van der Waals surface area contributed by atoms with E-state index < -0.39 is 36.5 Å². The standard InChI is InChI=1S/C25H25N3O6/c29-22-9-8-20(24(31)26-22)28-13-19-18(25(28)32)2-1-3-21(19)34-14-17-6-4-16(5-7-17)12-27-10-11-33-15-23(27)30/h1-7,20H,8-15H2,(H,26,29,31)/i8D,9D2. The Labute approximate surface area is 200 Å². The number of imide groups is 1. The lowest BCUT2D eigenvalue weighted by atomic mass is 10.0. The molecule has 9 heteroatoms. The molecular weight excluding hydrogens is 438 g/mol. The van der Waals surface area contributed by atoms with E-state index in [1.54, 1.807) is 23.1 Å². The zero-order valence-corrected chi connectivity index (χ0v) is 18.3. The van der Waals surface area contributed by atoms with E-state index >= 15 is 0 Å². The fourth-order valence-electron chi connectivity index (χ4n) is 4.21. The van der Waals surface area contributed by atoms with Crippen molar-refractivity contribution in [2.75, 3.05) is 19.8 Å². The fraction of sp³-hybridized carbons (Fsp3) is 0.360. The molecule has 3 aliphatic heterocycles. The average molecular weight is 467 g/mol. The molecule has 2 fully saturated rings. The van der Waals surface area contributed by atoms with Crippen LogP contribution in [0.4, 0.5) is 0 Å². The zero-order chi connectivity index (χ0) is 26.3. The lowest BCUT2D eigenvalue weighted by molar-refractivity contribution is -0.143. The van der Waals surface area contributed by atoms with E-state index in [-0.39, 0.29) is 25.7 Å². The lowest BCUT2D eigenvalue weighted by Crippen LogP contribution is -2.52. The van der Waals surface area contributed by atoms with Crippen LogP contribution < -0.4 is 10.1 Å². The second kappa shape index (κ2) is 9.26. The Morgan fingerprint density at radius 2 is 1.88 bits per heavy atom. The number of carbonyl (C=O) groups excluding carboxylic acids is 4. The molecule has 0 radical (unpaired) electrons. The van der Waals surface area contributed by atoms with E-state index in [4.69, 9.17) is 13.6 Å². The van der Waals surface area contributed by atoms with Crippen LogP contribution >= 0.6 is 0 Å². The number of hydrogen-bond acceptors (Lipinski definition) is 6. The van der Waals surface area contributed by atoms with Crippen molar-refractivity contribution in [3.8, 4) is 5.75 Å². The molecule has 5 rings (SSSR count). The predicted octanol–water partition coefficient (Wildman–Crippen LogP) is 1.39. The van der Waals surface area contributed by atoms with Crippen LogP contribution in [-0.4, -0.2) is 59.2 Å². The van der Waals surface area contributed by atoms with Crippen LogP contribution in [0.1, 0.15) is 43.9 Å². The van der Waals surface area contributed by atoms with Gasteiger partial charge < -0.3 is 19.3 Å². The van der Waals surface area contributed by atoms with Crippen molar-refractivity contribution in [3.63, 3.8) is 0 Å². The molecule has 4 amide bonds. The summed E-state index contributed by atoms with van der Waals surface area (Å²) in [5.41, 5.74) is 2.70. The monoisotopic (exact) mass is 466 g/mol. The highest BCUT2D eigenvalue weighted by atomic mass is 16.5. The first-order valence-corrected chi connectivity index (χ1v) is 10.9. The topological polar surface area (TPSA) is 105 Å². The van der Waals surface area contributed by atoms with Gasteiger partial charge in [-0.2, -0.15) is 0 Å². The van der Waals surface area contributed by atoms with E-state index in [1.165, 1.54) is 0 Å². The van der Waals surface area contributed by atoms with Gasteiger partial charge in [0, 0.05) is 34.7 Å². The number of carbonyl (C=O) groups is 4. The van der Waals surface area contributed by atoms with Gasteiger partial charge in [-0.3, -0.25) is 24.5 Å². The molecule has 0 bridgehead atoms. The molecule has 2 unspecified atom stereocenters. The van der Waals surface area contributed by atoms with Crippen molar-refractivity contribution in [3.05, 3.63) is 64.7 Å². The maximum absolute atomic E-state index is 13.1. The van der Waals surface area contributed by atoms with Gasteiger partial charge >= 0.3 is 0 Å². The number of nitrogens with zero attached hydrogens (tertiary/aromatic N) is 2. The smallest absolute Gasteiger partial charge is 0.255 e. The number of ether oxygens (including phenoxy) is 2. The van der Waals surface area contributed by atoms with E-state index in [0.717, 1.165) is 16.0 Å². The summed E-state index contributed by atoms with van der Waals surface area (Å²) >= 11 is 0. The molecule has 0 aromatic heterocycles. The third kappa shape index (κ3) is 4.38. The molecule has 0 spiro atoms. The molecule has 2 aromatic carbocycles. The number of amides is 4. The molecule has 0 saturated carbocycles. The molecule has 0 aliphatic carbocycles. The van der Waals surface area contributed by atoms with Gasteiger partial charge in [-0.25, -0.2) is 0 Å². The molecule has 3 heterocycles. The Hall–Kier alpha value is -3.72. The molecule has 176 valence electrons. The number of benzene rings is 2. The van der Waals surface area contributed by atoms with Crippen molar-refractivity contribution in [1.82, 2.24) is 15.1 Å². The van der Waals surface area contributed by atoms with Crippen LogP contribution in [0.25, 0.3) is 0 Å². The summed E-state index contributed by atoms with van der Waals surface area (Å²) in [6.07, 6.45) is -4.38. The molecule has 2 saturated heterocycles. The van der Waals surface area contributed by atoms with Crippen LogP contribution in [0.3, 0.4) is 0 Å². The van der Waals surface area contributed by atoms with Gasteiger partial charge in [-0.05, 0) is 29.7 Å². The summed E-state index contributed by atoms with van der Waals surface area (Å²) in [7, 11) is 0. The van der Waals surface area contributed by atoms with Crippen LogP contribution in [0.2, 0.25) is 0 Å². The minimum atomic E-state index is -2.62. The molecule has 9 nitrogen and oxygen atoms in total. The second-order valence-electron chi connectivity index (χ2n) is 8.26. The van der Waals surface area contributed by atoms with Crippen LogP contribution in [0.5, 0.6) is 5.75 Å². The summed E-state index contributed by atoms with van der Waals surface area (Å²) in [4.78, 5) is 52.2. The maximum Gasteiger partial charge on any atom is 0.255 e. The Morgan fingerprint density at radius 1 is 1.09 bits per heavy atom. The summed E-state index contributed by atoms with van der Waals surface area (Å²) in [6.45, 7) is 1.86. The lowest BCUT2D eigenvalue weighted by Gasteiger charge is -2.29. The number of nitrogens with one attached hydrogen (secondary N) is 1. The zero-order valence-electron chi connectivity index (χ0n) is 21.3. The fourth-order valence-corrected chi connectivity index (χ4v) is 4.21. The second-order valence-corrected chi connectivity index (χ2v) is 8.26. The summed E-state index contributed by atoms with van der Waals surface area (Å²) in [6, 6.07) is 11.1. The number of fused-ring (bicyclic) bond motifs is 1. The van der Waals surface area contributed by atoms with Crippen LogP contribution in [0.15, 0.2) is 42.5 Å². The molecule has 3 aliphatic rings. The van der Waals surface area contributed by atoms with Crippen LogP contribution in [0, 0.1) is 0 Å². The van der Waals surface area contributed by atoms with Crippen molar-refractivity contribution in [2.24, 2.45) is 0 Å².